The lowest BCUT2D eigenvalue weighted by Crippen LogP contribution is -2.44. The number of nitrogens with zero attached hydrogens (tertiary/aromatic N) is 6. The molecule has 1 aliphatic carbocycles. The summed E-state index contributed by atoms with van der Waals surface area (Å²) in [6.07, 6.45) is 4.43. The van der Waals surface area contributed by atoms with Gasteiger partial charge >= 0.3 is 0 Å². The van der Waals surface area contributed by atoms with E-state index in [-0.39, 0.29) is 5.56 Å². The molecule has 0 N–H and O–H groups in total. The minimum Gasteiger partial charge on any atom is -0.304 e. The molecule has 4 aromatic rings. The summed E-state index contributed by atoms with van der Waals surface area (Å²) in [5.41, 5.74) is 2.45. The Morgan fingerprint density at radius 3 is 2.56 bits per heavy atom. The lowest BCUT2D eigenvalue weighted by Gasteiger charge is -2.31. The molecule has 166 valence electrons. The molecule has 0 amide bonds. The molecule has 1 aromatic carbocycles. The first kappa shape index (κ1) is 20.1. The summed E-state index contributed by atoms with van der Waals surface area (Å²) in [6.45, 7) is 5.46. The van der Waals surface area contributed by atoms with E-state index in [9.17, 15) is 4.79 Å². The van der Waals surface area contributed by atoms with Crippen LogP contribution in [0.2, 0.25) is 0 Å². The molecule has 3 aromatic heterocycles. The lowest BCUT2D eigenvalue weighted by molar-refractivity contribution is 0.145. The van der Waals surface area contributed by atoms with Crippen molar-refractivity contribution in [3.05, 3.63) is 62.5 Å². The van der Waals surface area contributed by atoms with E-state index in [0.29, 0.717) is 12.3 Å². The molecule has 6 rings (SSSR count). The van der Waals surface area contributed by atoms with Gasteiger partial charge < -0.3 is 4.90 Å². The van der Waals surface area contributed by atoms with Gasteiger partial charge in [-0.15, -0.1) is 21.5 Å². The van der Waals surface area contributed by atoms with Crippen LogP contribution in [0.4, 0.5) is 0 Å². The molecule has 2 aliphatic rings. The predicted octanol–water partition coefficient (Wildman–Crippen LogP) is 2.78. The van der Waals surface area contributed by atoms with Crippen LogP contribution >= 0.6 is 11.3 Å². The minimum atomic E-state index is 0.0781. The van der Waals surface area contributed by atoms with Crippen molar-refractivity contribution in [3.8, 4) is 0 Å². The monoisotopic (exact) mass is 448 g/mol. The second-order valence-electron chi connectivity index (χ2n) is 9.10. The van der Waals surface area contributed by atoms with Crippen molar-refractivity contribution < 1.29 is 0 Å². The van der Waals surface area contributed by atoms with Crippen LogP contribution in [0.1, 0.15) is 34.7 Å². The molecular formula is C24H28N6OS. The number of hydrogen-bond acceptors (Lipinski definition) is 6. The standard InChI is InChI=1S/C24H28N6OS/c1-27-11-13-28(14-12-27)16-20-25-26-24-29(15-17-7-3-2-4-8-17)22(31)21-18-9-5-6-10-19(18)32-23(21)30(20)24/h2-4,7-8H,5-6,9-16H2,1H3. The summed E-state index contributed by atoms with van der Waals surface area (Å²) in [4.78, 5) is 21.0. The first-order chi connectivity index (χ1) is 15.7. The zero-order valence-electron chi connectivity index (χ0n) is 18.5. The highest BCUT2D eigenvalue weighted by Crippen LogP contribution is 2.35. The molecule has 0 atom stereocenters. The number of rotatable bonds is 4. The number of piperazine rings is 1. The number of aromatic nitrogens is 4. The Morgan fingerprint density at radius 1 is 0.969 bits per heavy atom. The van der Waals surface area contributed by atoms with Gasteiger partial charge in [0.15, 0.2) is 5.82 Å². The lowest BCUT2D eigenvalue weighted by atomic mass is 9.97. The zero-order valence-corrected chi connectivity index (χ0v) is 19.3. The van der Waals surface area contributed by atoms with E-state index in [1.54, 1.807) is 11.3 Å². The summed E-state index contributed by atoms with van der Waals surface area (Å²) in [6, 6.07) is 10.2. The summed E-state index contributed by atoms with van der Waals surface area (Å²) in [7, 11) is 2.17. The van der Waals surface area contributed by atoms with Gasteiger partial charge in [-0.25, -0.2) is 0 Å². The number of hydrogen-bond donors (Lipinski definition) is 0. The molecular weight excluding hydrogens is 420 g/mol. The molecule has 1 fully saturated rings. The normalized spacial score (nSPS) is 17.9. The smallest absolute Gasteiger partial charge is 0.264 e. The fourth-order valence-corrected chi connectivity index (χ4v) is 6.46. The largest absolute Gasteiger partial charge is 0.304 e. The molecule has 7 nitrogen and oxygen atoms in total. The summed E-state index contributed by atoms with van der Waals surface area (Å²) in [5, 5.41) is 10.1. The first-order valence-corrected chi connectivity index (χ1v) is 12.4. The Hall–Kier alpha value is -2.55. The molecule has 1 aliphatic heterocycles. The number of thiophene rings is 1. The van der Waals surface area contributed by atoms with Crippen LogP contribution in [0.3, 0.4) is 0 Å². The van der Waals surface area contributed by atoms with E-state index < -0.39 is 0 Å². The van der Waals surface area contributed by atoms with Crippen molar-refractivity contribution in [2.45, 2.75) is 38.8 Å². The van der Waals surface area contributed by atoms with Crippen LogP contribution in [-0.2, 0) is 25.9 Å². The van der Waals surface area contributed by atoms with Crippen LogP contribution in [0, 0.1) is 0 Å². The maximum Gasteiger partial charge on any atom is 0.264 e. The van der Waals surface area contributed by atoms with Crippen molar-refractivity contribution >= 4 is 27.3 Å². The van der Waals surface area contributed by atoms with Crippen molar-refractivity contribution in [3.63, 3.8) is 0 Å². The summed E-state index contributed by atoms with van der Waals surface area (Å²) in [5.74, 6) is 1.60. The summed E-state index contributed by atoms with van der Waals surface area (Å²) < 4.78 is 4.01. The predicted molar refractivity (Wildman–Crippen MR) is 128 cm³/mol. The van der Waals surface area contributed by atoms with Gasteiger partial charge in [-0.1, -0.05) is 30.3 Å². The third-order valence-corrected chi connectivity index (χ3v) is 8.19. The van der Waals surface area contributed by atoms with Gasteiger partial charge in [0, 0.05) is 31.1 Å². The van der Waals surface area contributed by atoms with Crippen LogP contribution in [-0.4, -0.2) is 62.2 Å². The minimum absolute atomic E-state index is 0.0781. The zero-order chi connectivity index (χ0) is 21.7. The number of fused-ring (bicyclic) bond motifs is 5. The van der Waals surface area contributed by atoms with Gasteiger partial charge in [0.1, 0.15) is 4.83 Å². The molecule has 0 saturated carbocycles. The average molecular weight is 449 g/mol. The third-order valence-electron chi connectivity index (χ3n) is 6.91. The van der Waals surface area contributed by atoms with E-state index in [1.165, 1.54) is 16.9 Å². The van der Waals surface area contributed by atoms with E-state index in [0.717, 1.165) is 73.6 Å². The third kappa shape index (κ3) is 3.37. The second-order valence-corrected chi connectivity index (χ2v) is 10.2. The average Bonchev–Trinajstić information content (AvgIpc) is 3.40. The van der Waals surface area contributed by atoms with Crippen LogP contribution in [0.5, 0.6) is 0 Å². The quantitative estimate of drug-likeness (QED) is 0.481. The van der Waals surface area contributed by atoms with E-state index >= 15 is 0 Å². The molecule has 4 heterocycles. The fourth-order valence-electron chi connectivity index (χ4n) is 5.06. The van der Waals surface area contributed by atoms with Crippen molar-refractivity contribution in [2.75, 3.05) is 33.2 Å². The Morgan fingerprint density at radius 2 is 1.75 bits per heavy atom. The number of benzene rings is 1. The molecule has 0 spiro atoms. The van der Waals surface area contributed by atoms with Crippen LogP contribution < -0.4 is 5.56 Å². The number of aryl methyl sites for hydroxylation is 2. The molecule has 1 saturated heterocycles. The Kier molecular flexibility index (Phi) is 5.08. The van der Waals surface area contributed by atoms with E-state index in [1.807, 2.05) is 22.8 Å². The van der Waals surface area contributed by atoms with Crippen molar-refractivity contribution in [1.82, 2.24) is 29.0 Å². The summed E-state index contributed by atoms with van der Waals surface area (Å²) >= 11 is 1.78. The molecule has 0 radical (unpaired) electrons. The Bertz CT molecular complexity index is 1330. The fraction of sp³-hybridized carbons (Fsp3) is 0.458. The topological polar surface area (TPSA) is 58.7 Å². The number of likely N-dealkylation sites (N-methyl/N-ethyl adjacent to an activating group) is 1. The Labute approximate surface area is 190 Å². The maximum absolute atomic E-state index is 13.8. The first-order valence-electron chi connectivity index (χ1n) is 11.5. The van der Waals surface area contributed by atoms with Gasteiger partial charge in [0.25, 0.3) is 5.56 Å². The SMILES string of the molecule is CN1CCN(Cc2nnc3n(Cc4ccccc4)c(=O)c4c5c(sc4n23)CCCC5)CC1. The van der Waals surface area contributed by atoms with Gasteiger partial charge in [-0.3, -0.25) is 18.7 Å². The molecule has 8 heteroatoms. The highest BCUT2D eigenvalue weighted by molar-refractivity contribution is 7.18. The van der Waals surface area contributed by atoms with Gasteiger partial charge in [-0.05, 0) is 43.9 Å². The maximum atomic E-state index is 13.8. The molecule has 0 unspecified atom stereocenters. The van der Waals surface area contributed by atoms with Gasteiger partial charge in [-0.2, -0.15) is 0 Å². The highest BCUT2D eigenvalue weighted by Gasteiger charge is 2.26. The van der Waals surface area contributed by atoms with Gasteiger partial charge in [0.2, 0.25) is 5.78 Å². The molecule has 0 bridgehead atoms. The van der Waals surface area contributed by atoms with Crippen molar-refractivity contribution in [1.29, 1.82) is 0 Å². The van der Waals surface area contributed by atoms with Crippen LogP contribution in [0.15, 0.2) is 35.1 Å². The Balaban J connectivity index is 1.54. The second kappa shape index (κ2) is 8.10. The van der Waals surface area contributed by atoms with Crippen molar-refractivity contribution in [2.24, 2.45) is 0 Å². The van der Waals surface area contributed by atoms with E-state index in [2.05, 4.69) is 43.6 Å². The van der Waals surface area contributed by atoms with E-state index in [4.69, 9.17) is 0 Å². The molecule has 32 heavy (non-hydrogen) atoms. The van der Waals surface area contributed by atoms with Crippen LogP contribution in [0.25, 0.3) is 16.0 Å². The highest BCUT2D eigenvalue weighted by atomic mass is 32.1. The van der Waals surface area contributed by atoms with Gasteiger partial charge in [0.05, 0.1) is 18.5 Å².